The van der Waals surface area contributed by atoms with Crippen molar-refractivity contribution < 1.29 is 23.7 Å². The van der Waals surface area contributed by atoms with Crippen LogP contribution in [0.5, 0.6) is 0 Å². The molecule has 0 N–H and O–H groups in total. The van der Waals surface area contributed by atoms with Crippen LogP contribution in [0.1, 0.15) is 60.8 Å². The maximum atomic E-state index is 12.6. The summed E-state index contributed by atoms with van der Waals surface area (Å²) >= 11 is 0. The molecule has 5 heteroatoms. The highest BCUT2D eigenvalue weighted by molar-refractivity contribution is 5.83. The first-order valence-electron chi connectivity index (χ1n) is 12.9. The standard InChI is InChI=1S/C29H38O5/c30-27(21-25-11-7-23(8-12-25)15-19-33-28-5-1-3-17-31-28)22-26-13-9-24(10-14-26)16-20-34-29-6-2-4-18-32-29/h7-14,28-29H,1-6,15-22H2. The second-order valence-corrected chi connectivity index (χ2v) is 9.36. The largest absolute Gasteiger partial charge is 0.353 e. The molecule has 0 saturated carbocycles. The van der Waals surface area contributed by atoms with Gasteiger partial charge in [-0.15, -0.1) is 0 Å². The van der Waals surface area contributed by atoms with Gasteiger partial charge in [0.1, 0.15) is 5.78 Å². The van der Waals surface area contributed by atoms with Gasteiger partial charge in [-0.1, -0.05) is 48.5 Å². The van der Waals surface area contributed by atoms with Gasteiger partial charge in [-0.3, -0.25) is 4.79 Å². The second kappa shape index (κ2) is 13.7. The van der Waals surface area contributed by atoms with Crippen molar-refractivity contribution in [3.05, 3.63) is 70.8 Å². The van der Waals surface area contributed by atoms with E-state index in [0.29, 0.717) is 26.1 Å². The minimum absolute atomic E-state index is 0.0378. The van der Waals surface area contributed by atoms with E-state index in [4.69, 9.17) is 18.9 Å². The van der Waals surface area contributed by atoms with Gasteiger partial charge in [0.05, 0.1) is 13.2 Å². The van der Waals surface area contributed by atoms with Crippen LogP contribution in [0, 0.1) is 0 Å². The summed E-state index contributed by atoms with van der Waals surface area (Å²) in [6, 6.07) is 16.6. The highest BCUT2D eigenvalue weighted by atomic mass is 16.7. The van der Waals surface area contributed by atoms with E-state index in [2.05, 4.69) is 48.5 Å². The van der Waals surface area contributed by atoms with Crippen LogP contribution in [-0.4, -0.2) is 44.8 Å². The van der Waals surface area contributed by atoms with Gasteiger partial charge in [0.25, 0.3) is 0 Å². The number of hydrogen-bond donors (Lipinski definition) is 0. The van der Waals surface area contributed by atoms with E-state index in [1.165, 1.54) is 24.0 Å². The molecular formula is C29H38O5. The summed E-state index contributed by atoms with van der Waals surface area (Å²) in [6.45, 7) is 2.95. The number of carbonyl (C=O) groups excluding carboxylic acids is 1. The van der Waals surface area contributed by atoms with Crippen LogP contribution in [-0.2, 0) is 49.4 Å². The van der Waals surface area contributed by atoms with Crippen molar-refractivity contribution in [2.24, 2.45) is 0 Å². The summed E-state index contributed by atoms with van der Waals surface area (Å²) in [5, 5.41) is 0. The SMILES string of the molecule is O=C(Cc1ccc(CCOC2CCCCO2)cc1)Cc1ccc(CCOC2CCCCO2)cc1. The van der Waals surface area contributed by atoms with Gasteiger partial charge in [0.15, 0.2) is 12.6 Å². The van der Waals surface area contributed by atoms with Crippen molar-refractivity contribution in [1.82, 2.24) is 0 Å². The molecule has 2 heterocycles. The summed E-state index contributed by atoms with van der Waals surface area (Å²) in [5.41, 5.74) is 4.57. The molecule has 2 aliphatic rings. The Hall–Kier alpha value is -2.05. The fraction of sp³-hybridized carbons (Fsp3) is 0.552. The summed E-state index contributed by atoms with van der Waals surface area (Å²) in [4.78, 5) is 12.6. The van der Waals surface area contributed by atoms with Gasteiger partial charge >= 0.3 is 0 Å². The monoisotopic (exact) mass is 466 g/mol. The molecule has 0 amide bonds. The van der Waals surface area contributed by atoms with E-state index in [1.54, 1.807) is 0 Å². The van der Waals surface area contributed by atoms with Gasteiger partial charge in [-0.05, 0) is 73.6 Å². The average molecular weight is 467 g/mol. The number of rotatable bonds is 12. The predicted octanol–water partition coefficient (Wildman–Crippen LogP) is 5.21. The van der Waals surface area contributed by atoms with Crippen LogP contribution >= 0.6 is 0 Å². The molecular weight excluding hydrogens is 428 g/mol. The number of Topliss-reactive ketones (excluding diaryl/α,β-unsaturated/α-hetero) is 1. The van der Waals surface area contributed by atoms with Crippen LogP contribution in [0.4, 0.5) is 0 Å². The van der Waals surface area contributed by atoms with Crippen LogP contribution in [0.15, 0.2) is 48.5 Å². The van der Waals surface area contributed by atoms with E-state index >= 15 is 0 Å². The highest BCUT2D eigenvalue weighted by Crippen LogP contribution is 2.16. The van der Waals surface area contributed by atoms with Crippen molar-refractivity contribution in [3.63, 3.8) is 0 Å². The molecule has 5 nitrogen and oxygen atoms in total. The lowest BCUT2D eigenvalue weighted by Gasteiger charge is -2.22. The van der Waals surface area contributed by atoms with Crippen LogP contribution in [0.3, 0.4) is 0 Å². The zero-order valence-corrected chi connectivity index (χ0v) is 20.2. The van der Waals surface area contributed by atoms with E-state index in [9.17, 15) is 4.79 Å². The first-order valence-corrected chi connectivity index (χ1v) is 12.9. The van der Waals surface area contributed by atoms with Crippen molar-refractivity contribution in [2.45, 2.75) is 76.8 Å². The van der Waals surface area contributed by atoms with Crippen molar-refractivity contribution in [3.8, 4) is 0 Å². The second-order valence-electron chi connectivity index (χ2n) is 9.36. The molecule has 34 heavy (non-hydrogen) atoms. The first-order chi connectivity index (χ1) is 16.7. The van der Waals surface area contributed by atoms with Gasteiger partial charge < -0.3 is 18.9 Å². The maximum absolute atomic E-state index is 12.6. The van der Waals surface area contributed by atoms with Crippen molar-refractivity contribution in [1.29, 1.82) is 0 Å². The molecule has 184 valence electrons. The lowest BCUT2D eigenvalue weighted by Crippen LogP contribution is -2.23. The zero-order chi connectivity index (χ0) is 23.4. The van der Waals surface area contributed by atoms with Gasteiger partial charge in [-0.2, -0.15) is 0 Å². The summed E-state index contributed by atoms with van der Waals surface area (Å²) in [7, 11) is 0. The van der Waals surface area contributed by atoms with E-state index in [1.807, 2.05) is 0 Å². The third-order valence-electron chi connectivity index (χ3n) is 6.51. The number of carbonyl (C=O) groups is 1. The molecule has 0 radical (unpaired) electrons. The quantitative estimate of drug-likeness (QED) is 0.430. The van der Waals surface area contributed by atoms with E-state index in [-0.39, 0.29) is 18.4 Å². The fourth-order valence-corrected chi connectivity index (χ4v) is 4.47. The lowest BCUT2D eigenvalue weighted by molar-refractivity contribution is -0.161. The molecule has 2 aromatic carbocycles. The Kier molecular flexibility index (Phi) is 10.1. The molecule has 0 spiro atoms. The molecule has 0 aromatic heterocycles. The first kappa shape index (κ1) is 25.1. The van der Waals surface area contributed by atoms with E-state index in [0.717, 1.165) is 62.9 Å². The van der Waals surface area contributed by atoms with Crippen molar-refractivity contribution in [2.75, 3.05) is 26.4 Å². The third kappa shape index (κ3) is 8.62. The Morgan fingerprint density at radius 2 is 1.06 bits per heavy atom. The summed E-state index contributed by atoms with van der Waals surface area (Å²) in [6.07, 6.45) is 9.20. The molecule has 2 fully saturated rings. The Morgan fingerprint density at radius 3 is 1.44 bits per heavy atom. The van der Waals surface area contributed by atoms with Crippen LogP contribution < -0.4 is 0 Å². The molecule has 2 saturated heterocycles. The van der Waals surface area contributed by atoms with Gasteiger partial charge in [0, 0.05) is 26.1 Å². The Balaban J connectivity index is 1.13. The number of benzene rings is 2. The predicted molar refractivity (Wildman–Crippen MR) is 132 cm³/mol. The molecule has 2 aromatic rings. The van der Waals surface area contributed by atoms with E-state index < -0.39 is 0 Å². The molecule has 2 atom stereocenters. The van der Waals surface area contributed by atoms with Crippen LogP contribution in [0.25, 0.3) is 0 Å². The smallest absolute Gasteiger partial charge is 0.157 e. The topological polar surface area (TPSA) is 54.0 Å². The Labute approximate surface area is 203 Å². The number of hydrogen-bond acceptors (Lipinski definition) is 5. The fourth-order valence-electron chi connectivity index (χ4n) is 4.47. The minimum atomic E-state index is -0.0378. The highest BCUT2D eigenvalue weighted by Gasteiger charge is 2.14. The van der Waals surface area contributed by atoms with Gasteiger partial charge in [-0.25, -0.2) is 0 Å². The zero-order valence-electron chi connectivity index (χ0n) is 20.2. The minimum Gasteiger partial charge on any atom is -0.353 e. The average Bonchev–Trinajstić information content (AvgIpc) is 2.87. The summed E-state index contributed by atoms with van der Waals surface area (Å²) in [5.74, 6) is 0.232. The number of ether oxygens (including phenoxy) is 4. The molecule has 0 aliphatic carbocycles. The van der Waals surface area contributed by atoms with Gasteiger partial charge in [0.2, 0.25) is 0 Å². The molecule has 0 bridgehead atoms. The molecule has 2 unspecified atom stereocenters. The number of ketones is 1. The molecule has 4 rings (SSSR count). The van der Waals surface area contributed by atoms with Crippen LogP contribution in [0.2, 0.25) is 0 Å². The Bertz CT molecular complexity index is 778. The van der Waals surface area contributed by atoms with Crippen molar-refractivity contribution >= 4 is 5.78 Å². The summed E-state index contributed by atoms with van der Waals surface area (Å²) < 4.78 is 22.8. The normalized spacial score (nSPS) is 20.8. The molecule has 2 aliphatic heterocycles. The Morgan fingerprint density at radius 1 is 0.647 bits per heavy atom. The third-order valence-corrected chi connectivity index (χ3v) is 6.51. The maximum Gasteiger partial charge on any atom is 0.157 e. The lowest BCUT2D eigenvalue weighted by atomic mass is 10.00.